The summed E-state index contributed by atoms with van der Waals surface area (Å²) in [5, 5.41) is 14.0. The van der Waals surface area contributed by atoms with E-state index in [1.165, 1.54) is 16.4 Å². The van der Waals surface area contributed by atoms with Gasteiger partial charge in [-0.2, -0.15) is 15.0 Å². The minimum Gasteiger partial charge on any atom is -0.382 e. The Bertz CT molecular complexity index is 761. The third-order valence-electron chi connectivity index (χ3n) is 2.77. The second-order valence-electron chi connectivity index (χ2n) is 3.87. The summed E-state index contributed by atoms with van der Waals surface area (Å²) in [6.07, 6.45) is 1.85. The van der Waals surface area contributed by atoms with Crippen LogP contribution in [0, 0.1) is 11.3 Å². The summed E-state index contributed by atoms with van der Waals surface area (Å²) in [5.41, 5.74) is 8.06. The van der Waals surface area contributed by atoms with Gasteiger partial charge in [0.2, 0.25) is 5.95 Å². The first-order valence-corrected chi connectivity index (χ1v) is 6.74. The van der Waals surface area contributed by atoms with Crippen molar-refractivity contribution < 1.29 is 0 Å². The molecule has 94 valence electrons. The monoisotopic (exact) mass is 270 g/mol. The van der Waals surface area contributed by atoms with Gasteiger partial charge in [0, 0.05) is 0 Å². The number of imidazole rings is 1. The van der Waals surface area contributed by atoms with E-state index in [1.807, 2.05) is 30.5 Å². The van der Waals surface area contributed by atoms with Gasteiger partial charge < -0.3 is 10.7 Å². The molecular weight excluding hydrogens is 260 g/mol. The fourth-order valence-electron chi connectivity index (χ4n) is 1.86. The number of aromatic nitrogens is 4. The summed E-state index contributed by atoms with van der Waals surface area (Å²) in [6, 6.07) is 9.72. The van der Waals surface area contributed by atoms with Gasteiger partial charge in [0.15, 0.2) is 0 Å². The van der Waals surface area contributed by atoms with Crippen molar-refractivity contribution in [3.63, 3.8) is 0 Å². The lowest BCUT2D eigenvalue weighted by atomic mass is 10.3. The van der Waals surface area contributed by atoms with Gasteiger partial charge in [-0.25, -0.2) is 4.98 Å². The first kappa shape index (κ1) is 11.6. The van der Waals surface area contributed by atoms with Gasteiger partial charge in [0.25, 0.3) is 0 Å². The molecule has 3 N–H and O–H groups in total. The molecule has 0 fully saturated rings. The molecule has 7 heteroatoms. The Kier molecular flexibility index (Phi) is 2.65. The summed E-state index contributed by atoms with van der Waals surface area (Å²) in [6.45, 7) is 0. The second-order valence-corrected chi connectivity index (χ2v) is 4.67. The summed E-state index contributed by atoms with van der Waals surface area (Å²) >= 11 is 1.38. The molecule has 6 nitrogen and oxygen atoms in total. The molecule has 2 heterocycles. The Morgan fingerprint density at radius 1 is 1.42 bits per heavy atom. The van der Waals surface area contributed by atoms with Crippen LogP contribution in [-0.2, 0) is 0 Å². The number of rotatable bonds is 2. The van der Waals surface area contributed by atoms with Crippen molar-refractivity contribution in [3.8, 4) is 12.0 Å². The number of thioether (sulfide) groups is 1. The predicted molar refractivity (Wildman–Crippen MR) is 74.1 cm³/mol. The molecule has 3 aromatic rings. The number of aromatic amines is 1. The summed E-state index contributed by atoms with van der Waals surface area (Å²) < 4.78 is 1.46. The van der Waals surface area contributed by atoms with Gasteiger partial charge >= 0.3 is 0 Å². The van der Waals surface area contributed by atoms with Crippen LogP contribution >= 0.6 is 11.8 Å². The molecule has 0 aliphatic carbocycles. The maximum Gasteiger partial charge on any atom is 0.231 e. The molecule has 0 amide bonds. The number of nitrogens with zero attached hydrogens (tertiary/aromatic N) is 4. The fraction of sp³-hybridized carbons (Fsp3) is 0.0833. The highest BCUT2D eigenvalue weighted by atomic mass is 32.2. The average Bonchev–Trinajstić information content (AvgIpc) is 2.98. The van der Waals surface area contributed by atoms with Gasteiger partial charge in [0.05, 0.1) is 11.0 Å². The predicted octanol–water partition coefficient (Wildman–Crippen LogP) is 1.92. The zero-order valence-corrected chi connectivity index (χ0v) is 10.9. The molecule has 0 aliphatic rings. The van der Waals surface area contributed by atoms with Crippen LogP contribution in [0.2, 0.25) is 0 Å². The second kappa shape index (κ2) is 4.33. The van der Waals surface area contributed by atoms with Crippen molar-refractivity contribution in [2.75, 3.05) is 12.0 Å². The van der Waals surface area contributed by atoms with Crippen LogP contribution in [0.3, 0.4) is 0 Å². The molecule has 2 aromatic heterocycles. The van der Waals surface area contributed by atoms with Crippen LogP contribution in [0.15, 0.2) is 29.3 Å². The number of benzene rings is 1. The van der Waals surface area contributed by atoms with E-state index in [-0.39, 0.29) is 0 Å². The van der Waals surface area contributed by atoms with Crippen molar-refractivity contribution in [3.05, 3.63) is 29.8 Å². The molecule has 0 saturated carbocycles. The number of anilines is 1. The first-order chi connectivity index (χ1) is 9.24. The van der Waals surface area contributed by atoms with E-state index in [4.69, 9.17) is 11.0 Å². The van der Waals surface area contributed by atoms with Gasteiger partial charge in [-0.05, 0) is 18.4 Å². The molecular formula is C12H10N6S. The van der Waals surface area contributed by atoms with E-state index in [0.29, 0.717) is 22.4 Å². The molecule has 0 aliphatic heterocycles. The van der Waals surface area contributed by atoms with E-state index in [2.05, 4.69) is 21.1 Å². The van der Waals surface area contributed by atoms with Gasteiger partial charge in [0.1, 0.15) is 22.5 Å². The van der Waals surface area contributed by atoms with Crippen LogP contribution in [0.5, 0.6) is 0 Å². The van der Waals surface area contributed by atoms with Crippen molar-refractivity contribution in [2.45, 2.75) is 5.03 Å². The van der Waals surface area contributed by atoms with Gasteiger partial charge in [-0.1, -0.05) is 12.1 Å². The Hall–Kier alpha value is -2.46. The summed E-state index contributed by atoms with van der Waals surface area (Å²) in [4.78, 5) is 7.55. The van der Waals surface area contributed by atoms with Crippen LogP contribution in [0.4, 0.5) is 5.82 Å². The molecule has 0 unspecified atom stereocenters. The van der Waals surface area contributed by atoms with Crippen molar-refractivity contribution >= 4 is 28.6 Å². The zero-order chi connectivity index (χ0) is 13.4. The Morgan fingerprint density at radius 2 is 2.21 bits per heavy atom. The zero-order valence-electron chi connectivity index (χ0n) is 10.1. The number of para-hydroxylation sites is 2. The number of hydrogen-bond acceptors (Lipinski definition) is 5. The minimum atomic E-state index is 0.297. The van der Waals surface area contributed by atoms with Crippen molar-refractivity contribution in [1.82, 2.24) is 19.7 Å². The lowest BCUT2D eigenvalue weighted by Crippen LogP contribution is -2.04. The molecule has 0 atom stereocenters. The molecule has 0 radical (unpaired) electrons. The highest BCUT2D eigenvalue weighted by Crippen LogP contribution is 2.26. The van der Waals surface area contributed by atoms with E-state index < -0.39 is 0 Å². The smallest absolute Gasteiger partial charge is 0.231 e. The highest BCUT2D eigenvalue weighted by Gasteiger charge is 2.17. The molecule has 19 heavy (non-hydrogen) atoms. The fourth-order valence-corrected chi connectivity index (χ4v) is 2.38. The van der Waals surface area contributed by atoms with Gasteiger partial charge in [-0.15, -0.1) is 11.8 Å². The normalized spacial score (nSPS) is 10.7. The Morgan fingerprint density at radius 3 is 2.84 bits per heavy atom. The highest BCUT2D eigenvalue weighted by molar-refractivity contribution is 7.98. The minimum absolute atomic E-state index is 0.297. The van der Waals surface area contributed by atoms with Gasteiger partial charge in [-0.3, -0.25) is 0 Å². The quantitative estimate of drug-likeness (QED) is 0.693. The molecule has 1 aromatic carbocycles. The third-order valence-corrected chi connectivity index (χ3v) is 3.44. The average molecular weight is 270 g/mol. The number of H-pyrrole nitrogens is 1. The lowest BCUT2D eigenvalue weighted by Gasteiger charge is -1.97. The summed E-state index contributed by atoms with van der Waals surface area (Å²) in [7, 11) is 0. The number of hydrogen-bond donors (Lipinski definition) is 2. The number of nitrogen functional groups attached to an aromatic ring is 1. The van der Waals surface area contributed by atoms with Crippen LogP contribution in [0.25, 0.3) is 17.0 Å². The SMILES string of the molecule is CSc1nn(-c2nc3ccccc3[nH]2)c(N)c1C#N. The van der Waals surface area contributed by atoms with E-state index >= 15 is 0 Å². The lowest BCUT2D eigenvalue weighted by molar-refractivity contribution is 0.804. The van der Waals surface area contributed by atoms with E-state index in [1.54, 1.807) is 0 Å². The number of fused-ring (bicyclic) bond motifs is 1. The standard InChI is InChI=1S/C12H10N6S/c1-19-11-7(6-13)10(14)18(17-11)12-15-8-4-2-3-5-9(8)16-12/h2-5H,14H2,1H3,(H,15,16). The topological polar surface area (TPSA) is 96.3 Å². The van der Waals surface area contributed by atoms with Crippen LogP contribution in [0.1, 0.15) is 5.56 Å². The van der Waals surface area contributed by atoms with Crippen LogP contribution < -0.4 is 5.73 Å². The molecule has 3 rings (SSSR count). The largest absolute Gasteiger partial charge is 0.382 e. The van der Waals surface area contributed by atoms with Crippen LogP contribution in [-0.4, -0.2) is 26.0 Å². The molecule has 0 saturated heterocycles. The third kappa shape index (κ3) is 1.73. The Balaban J connectivity index is 2.22. The number of nitriles is 1. The van der Waals surface area contributed by atoms with E-state index in [0.717, 1.165) is 11.0 Å². The maximum atomic E-state index is 9.10. The number of nitrogens with one attached hydrogen (secondary N) is 1. The Labute approximate surface area is 113 Å². The number of nitrogens with two attached hydrogens (primary N) is 1. The maximum absolute atomic E-state index is 9.10. The first-order valence-electron chi connectivity index (χ1n) is 5.52. The molecule has 0 spiro atoms. The summed E-state index contributed by atoms with van der Waals surface area (Å²) in [5.74, 6) is 0.807. The van der Waals surface area contributed by atoms with E-state index in [9.17, 15) is 0 Å². The van der Waals surface area contributed by atoms with Crippen molar-refractivity contribution in [2.24, 2.45) is 0 Å². The van der Waals surface area contributed by atoms with Crippen molar-refractivity contribution in [1.29, 1.82) is 5.26 Å². The molecule has 0 bridgehead atoms.